The van der Waals surface area contributed by atoms with Crippen molar-refractivity contribution in [2.75, 3.05) is 20.3 Å². The summed E-state index contributed by atoms with van der Waals surface area (Å²) in [5, 5.41) is 9.22. The monoisotopic (exact) mass is 270 g/mol. The van der Waals surface area contributed by atoms with Gasteiger partial charge in [0.2, 0.25) is 5.91 Å². The molecule has 6 nitrogen and oxygen atoms in total. The highest BCUT2D eigenvalue weighted by Crippen LogP contribution is 2.39. The van der Waals surface area contributed by atoms with Crippen LogP contribution in [0.15, 0.2) is 11.7 Å². The van der Waals surface area contributed by atoms with Gasteiger partial charge in [-0.1, -0.05) is 0 Å². The molecular weight excluding hydrogens is 256 g/mol. The van der Waals surface area contributed by atoms with Crippen molar-refractivity contribution in [2.24, 2.45) is 5.92 Å². The van der Waals surface area contributed by atoms with Gasteiger partial charge in [0.15, 0.2) is 0 Å². The largest absolute Gasteiger partial charge is 0.481 e. The van der Waals surface area contributed by atoms with Crippen molar-refractivity contribution in [2.45, 2.75) is 12.5 Å². The second-order valence-corrected chi connectivity index (χ2v) is 5.00. The molecule has 0 radical (unpaired) electrons. The number of amides is 1. The minimum atomic E-state index is -0.943. The SMILES string of the molecule is COCCN1C(=O)CC(C(=O)O)C1c1cncs1. The second-order valence-electron chi connectivity index (χ2n) is 4.08. The fourth-order valence-corrected chi connectivity index (χ4v) is 2.98. The number of carboxylic acids is 1. The average Bonchev–Trinajstić information content (AvgIpc) is 2.93. The van der Waals surface area contributed by atoms with Crippen LogP contribution < -0.4 is 0 Å². The number of carbonyl (C=O) groups excluding carboxylic acids is 1. The molecular formula is C11H14N2O4S. The maximum Gasteiger partial charge on any atom is 0.309 e. The van der Waals surface area contributed by atoms with Crippen LogP contribution >= 0.6 is 11.3 Å². The molecule has 2 atom stereocenters. The molecule has 0 spiro atoms. The minimum Gasteiger partial charge on any atom is -0.481 e. The molecule has 1 saturated heterocycles. The number of hydrogen-bond acceptors (Lipinski definition) is 5. The van der Waals surface area contributed by atoms with Gasteiger partial charge >= 0.3 is 5.97 Å². The number of aromatic nitrogens is 1. The third-order valence-electron chi connectivity index (χ3n) is 3.03. The molecule has 2 heterocycles. The first kappa shape index (κ1) is 13.0. The van der Waals surface area contributed by atoms with E-state index in [1.165, 1.54) is 11.3 Å². The van der Waals surface area contributed by atoms with Crippen LogP contribution in [0.5, 0.6) is 0 Å². The first-order chi connectivity index (χ1) is 8.65. The summed E-state index contributed by atoms with van der Waals surface area (Å²) in [7, 11) is 1.55. The Bertz CT molecular complexity index is 434. The molecule has 18 heavy (non-hydrogen) atoms. The maximum atomic E-state index is 11.9. The molecule has 1 aliphatic heterocycles. The summed E-state index contributed by atoms with van der Waals surface area (Å²) in [5.41, 5.74) is 1.64. The predicted octanol–water partition coefficient (Wildman–Crippen LogP) is 0.764. The van der Waals surface area contributed by atoms with Gasteiger partial charge in [0.25, 0.3) is 0 Å². The molecule has 98 valence electrons. The summed E-state index contributed by atoms with van der Waals surface area (Å²) in [6.45, 7) is 0.801. The molecule has 2 rings (SSSR count). The van der Waals surface area contributed by atoms with Crippen LogP contribution in [0.1, 0.15) is 17.3 Å². The van der Waals surface area contributed by atoms with Crippen LogP contribution in [0, 0.1) is 5.92 Å². The standard InChI is InChI=1S/C11H14N2O4S/c1-17-3-2-13-9(14)4-7(11(15)16)10(13)8-5-12-6-18-8/h5-7,10H,2-4H2,1H3,(H,15,16). The highest BCUT2D eigenvalue weighted by molar-refractivity contribution is 7.09. The van der Waals surface area contributed by atoms with Gasteiger partial charge in [-0.15, -0.1) is 11.3 Å². The third-order valence-corrected chi connectivity index (χ3v) is 3.87. The van der Waals surface area contributed by atoms with Crippen molar-refractivity contribution in [1.82, 2.24) is 9.88 Å². The normalized spacial score (nSPS) is 23.6. The second kappa shape index (κ2) is 5.45. The van der Waals surface area contributed by atoms with E-state index in [4.69, 9.17) is 4.74 Å². The van der Waals surface area contributed by atoms with Crippen LogP contribution in [-0.4, -0.2) is 47.1 Å². The average molecular weight is 270 g/mol. The lowest BCUT2D eigenvalue weighted by Gasteiger charge is -2.25. The molecule has 0 aliphatic carbocycles. The summed E-state index contributed by atoms with van der Waals surface area (Å²) in [6.07, 6.45) is 1.67. The van der Waals surface area contributed by atoms with E-state index in [0.29, 0.717) is 13.2 Å². The number of hydrogen-bond donors (Lipinski definition) is 1. The molecule has 0 bridgehead atoms. The van der Waals surface area contributed by atoms with E-state index < -0.39 is 17.9 Å². The highest BCUT2D eigenvalue weighted by atomic mass is 32.1. The van der Waals surface area contributed by atoms with Crippen molar-refractivity contribution >= 4 is 23.2 Å². The Morgan fingerprint density at radius 2 is 2.50 bits per heavy atom. The molecule has 1 aromatic heterocycles. The quantitative estimate of drug-likeness (QED) is 0.854. The van der Waals surface area contributed by atoms with Crippen LogP contribution in [0.3, 0.4) is 0 Å². The zero-order valence-electron chi connectivity index (χ0n) is 9.91. The number of carboxylic acid groups (broad SMARTS) is 1. The van der Waals surface area contributed by atoms with Gasteiger partial charge in [0, 0.05) is 31.1 Å². The predicted molar refractivity (Wildman–Crippen MR) is 64.2 cm³/mol. The number of thiazole rings is 1. The van der Waals surface area contributed by atoms with Gasteiger partial charge in [-0.3, -0.25) is 14.6 Å². The first-order valence-corrected chi connectivity index (χ1v) is 6.42. The summed E-state index contributed by atoms with van der Waals surface area (Å²) < 4.78 is 4.96. The van der Waals surface area contributed by atoms with Gasteiger partial charge in [0.05, 0.1) is 24.1 Å². The van der Waals surface area contributed by atoms with E-state index in [1.807, 2.05) is 0 Å². The summed E-state index contributed by atoms with van der Waals surface area (Å²) in [5.74, 6) is -1.78. The Kier molecular flexibility index (Phi) is 3.93. The number of ether oxygens (including phenoxy) is 1. The third kappa shape index (κ3) is 2.37. The first-order valence-electron chi connectivity index (χ1n) is 5.54. The molecule has 1 N–H and O–H groups in total. The summed E-state index contributed by atoms with van der Waals surface area (Å²) >= 11 is 1.37. The van der Waals surface area contributed by atoms with Gasteiger partial charge in [-0.05, 0) is 0 Å². The number of rotatable bonds is 5. The molecule has 0 aromatic carbocycles. The van der Waals surface area contributed by atoms with Crippen LogP contribution in [0.4, 0.5) is 0 Å². The number of aliphatic carboxylic acids is 1. The summed E-state index contributed by atoms with van der Waals surface area (Å²) in [4.78, 5) is 29.5. The molecule has 1 amide bonds. The Morgan fingerprint density at radius 3 is 3.06 bits per heavy atom. The smallest absolute Gasteiger partial charge is 0.309 e. The van der Waals surface area contributed by atoms with E-state index in [-0.39, 0.29) is 12.3 Å². The van der Waals surface area contributed by atoms with E-state index in [9.17, 15) is 14.7 Å². The number of carbonyl (C=O) groups is 2. The van der Waals surface area contributed by atoms with Gasteiger partial charge < -0.3 is 14.7 Å². The molecule has 7 heteroatoms. The van der Waals surface area contributed by atoms with Crippen molar-refractivity contribution in [3.63, 3.8) is 0 Å². The van der Waals surface area contributed by atoms with Crippen molar-refractivity contribution in [3.05, 3.63) is 16.6 Å². The fourth-order valence-electron chi connectivity index (χ4n) is 2.19. The van der Waals surface area contributed by atoms with Crippen LogP contribution in [0.2, 0.25) is 0 Å². The van der Waals surface area contributed by atoms with Crippen LogP contribution in [-0.2, 0) is 14.3 Å². The van der Waals surface area contributed by atoms with E-state index >= 15 is 0 Å². The number of nitrogens with zero attached hydrogens (tertiary/aromatic N) is 2. The van der Waals surface area contributed by atoms with Crippen LogP contribution in [0.25, 0.3) is 0 Å². The zero-order chi connectivity index (χ0) is 13.1. The van der Waals surface area contributed by atoms with Gasteiger partial charge in [-0.25, -0.2) is 0 Å². The molecule has 2 unspecified atom stereocenters. The van der Waals surface area contributed by atoms with Gasteiger partial charge in [0.1, 0.15) is 0 Å². The van der Waals surface area contributed by atoms with E-state index in [2.05, 4.69) is 4.98 Å². The van der Waals surface area contributed by atoms with Gasteiger partial charge in [-0.2, -0.15) is 0 Å². The highest BCUT2D eigenvalue weighted by Gasteiger charge is 2.45. The van der Waals surface area contributed by atoms with Crippen molar-refractivity contribution < 1.29 is 19.4 Å². The number of methoxy groups -OCH3 is 1. The maximum absolute atomic E-state index is 11.9. The number of likely N-dealkylation sites (tertiary alicyclic amines) is 1. The topological polar surface area (TPSA) is 79.7 Å². The zero-order valence-corrected chi connectivity index (χ0v) is 10.7. The molecule has 1 fully saturated rings. The van der Waals surface area contributed by atoms with Crippen molar-refractivity contribution in [1.29, 1.82) is 0 Å². The molecule has 0 saturated carbocycles. The minimum absolute atomic E-state index is 0.0433. The fraction of sp³-hybridized carbons (Fsp3) is 0.545. The van der Waals surface area contributed by atoms with Crippen molar-refractivity contribution in [3.8, 4) is 0 Å². The lowest BCUT2D eigenvalue weighted by molar-refractivity contribution is -0.142. The Balaban J connectivity index is 2.26. The molecule has 1 aromatic rings. The lowest BCUT2D eigenvalue weighted by Crippen LogP contribution is -2.32. The molecule has 1 aliphatic rings. The van der Waals surface area contributed by atoms with E-state index in [1.54, 1.807) is 23.7 Å². The summed E-state index contributed by atoms with van der Waals surface area (Å²) in [6, 6.07) is -0.419. The Labute approximate surface area is 108 Å². The Hall–Kier alpha value is -1.47. The van der Waals surface area contributed by atoms with E-state index in [0.717, 1.165) is 4.88 Å². The Morgan fingerprint density at radius 1 is 1.72 bits per heavy atom. The lowest BCUT2D eigenvalue weighted by atomic mass is 10.00.